The van der Waals surface area contributed by atoms with E-state index in [-0.39, 0.29) is 24.5 Å². The molecule has 0 radical (unpaired) electrons. The Morgan fingerprint density at radius 1 is 1.03 bits per heavy atom. The zero-order valence-corrected chi connectivity index (χ0v) is 19.8. The first-order valence-corrected chi connectivity index (χ1v) is 11.7. The molecule has 0 bridgehead atoms. The summed E-state index contributed by atoms with van der Waals surface area (Å²) in [6.45, 7) is 8.25. The smallest absolute Gasteiger partial charge is 0.261 e. The summed E-state index contributed by atoms with van der Waals surface area (Å²) in [6.07, 6.45) is 4.89. The van der Waals surface area contributed by atoms with Gasteiger partial charge in [0.25, 0.3) is 5.91 Å². The van der Waals surface area contributed by atoms with E-state index < -0.39 is 6.04 Å². The van der Waals surface area contributed by atoms with Gasteiger partial charge in [0.2, 0.25) is 5.91 Å². The van der Waals surface area contributed by atoms with Crippen LogP contribution in [0.1, 0.15) is 61.3 Å². The fourth-order valence-corrected chi connectivity index (χ4v) is 4.26. The van der Waals surface area contributed by atoms with Crippen LogP contribution in [0.4, 0.5) is 0 Å². The van der Waals surface area contributed by atoms with Crippen molar-refractivity contribution in [2.24, 2.45) is 0 Å². The topological polar surface area (TPSA) is 58.6 Å². The lowest BCUT2D eigenvalue weighted by atomic mass is 10.1. The lowest BCUT2D eigenvalue weighted by molar-refractivity contribution is -0.143. The highest BCUT2D eigenvalue weighted by molar-refractivity contribution is 5.88. The van der Waals surface area contributed by atoms with Crippen LogP contribution in [-0.4, -0.2) is 35.4 Å². The number of amides is 2. The summed E-state index contributed by atoms with van der Waals surface area (Å²) in [7, 11) is 0. The monoisotopic (exact) mass is 436 g/mol. The number of carbonyl (C=O) groups is 2. The van der Waals surface area contributed by atoms with Crippen LogP contribution >= 0.6 is 0 Å². The van der Waals surface area contributed by atoms with E-state index in [9.17, 15) is 9.59 Å². The van der Waals surface area contributed by atoms with E-state index in [0.29, 0.717) is 18.7 Å². The summed E-state index contributed by atoms with van der Waals surface area (Å²) < 4.78 is 5.90. The van der Waals surface area contributed by atoms with Gasteiger partial charge in [-0.15, -0.1) is 0 Å². The van der Waals surface area contributed by atoms with Gasteiger partial charge in [0.15, 0.2) is 6.61 Å². The molecule has 1 atom stereocenters. The second-order valence-electron chi connectivity index (χ2n) is 8.98. The van der Waals surface area contributed by atoms with Crippen molar-refractivity contribution in [3.05, 3.63) is 64.7 Å². The molecule has 0 saturated heterocycles. The van der Waals surface area contributed by atoms with Gasteiger partial charge in [-0.05, 0) is 62.8 Å². The molecule has 2 aromatic carbocycles. The molecule has 1 N–H and O–H groups in total. The predicted octanol–water partition coefficient (Wildman–Crippen LogP) is 4.86. The van der Waals surface area contributed by atoms with Crippen LogP contribution in [0.5, 0.6) is 5.75 Å². The number of nitrogens with zero attached hydrogens (tertiary/aromatic N) is 1. The Balaban J connectivity index is 1.77. The van der Waals surface area contributed by atoms with Gasteiger partial charge in [-0.1, -0.05) is 61.7 Å². The maximum absolute atomic E-state index is 13.3. The Morgan fingerprint density at radius 2 is 1.69 bits per heavy atom. The third kappa shape index (κ3) is 6.35. The Morgan fingerprint density at radius 3 is 2.34 bits per heavy atom. The molecule has 5 heteroatoms. The van der Waals surface area contributed by atoms with E-state index in [1.54, 1.807) is 4.90 Å². The molecule has 1 aliphatic rings. The summed E-state index contributed by atoms with van der Waals surface area (Å²) in [4.78, 5) is 28.2. The molecule has 0 aliphatic heterocycles. The number of ether oxygens (including phenoxy) is 1. The Labute approximate surface area is 192 Å². The van der Waals surface area contributed by atoms with Crippen LogP contribution in [0.25, 0.3) is 0 Å². The van der Waals surface area contributed by atoms with Crippen LogP contribution in [-0.2, 0) is 16.1 Å². The summed E-state index contributed by atoms with van der Waals surface area (Å²) in [5.41, 5.74) is 4.23. The number of hydrogen-bond donors (Lipinski definition) is 1. The van der Waals surface area contributed by atoms with Crippen LogP contribution in [0.2, 0.25) is 0 Å². The minimum absolute atomic E-state index is 0.0633. The number of aryl methyl sites for hydroxylation is 3. The first-order chi connectivity index (χ1) is 15.4. The fourth-order valence-electron chi connectivity index (χ4n) is 4.26. The molecule has 32 heavy (non-hydrogen) atoms. The summed E-state index contributed by atoms with van der Waals surface area (Å²) >= 11 is 0. The molecule has 1 saturated carbocycles. The predicted molar refractivity (Wildman–Crippen MR) is 128 cm³/mol. The highest BCUT2D eigenvalue weighted by atomic mass is 16.5. The van der Waals surface area contributed by atoms with Crippen molar-refractivity contribution in [1.29, 1.82) is 0 Å². The number of carbonyl (C=O) groups excluding carboxylic acids is 2. The van der Waals surface area contributed by atoms with Crippen LogP contribution in [0, 0.1) is 20.8 Å². The van der Waals surface area contributed by atoms with E-state index >= 15 is 0 Å². The molecule has 2 amide bonds. The molecule has 1 unspecified atom stereocenters. The van der Waals surface area contributed by atoms with Gasteiger partial charge < -0.3 is 15.0 Å². The van der Waals surface area contributed by atoms with Crippen molar-refractivity contribution in [3.63, 3.8) is 0 Å². The highest BCUT2D eigenvalue weighted by Crippen LogP contribution is 2.21. The summed E-state index contributed by atoms with van der Waals surface area (Å²) in [5, 5.41) is 3.18. The Bertz CT molecular complexity index is 917. The Hall–Kier alpha value is -2.82. The largest absolute Gasteiger partial charge is 0.483 e. The van der Waals surface area contributed by atoms with Crippen LogP contribution in [0.15, 0.2) is 42.5 Å². The van der Waals surface area contributed by atoms with Gasteiger partial charge >= 0.3 is 0 Å². The standard InChI is InChI=1S/C27H36N2O3/c1-5-24(27(31)28-23-8-6-7-9-23)29(17-22-14-11-19(2)12-15-22)26(30)18-32-25-16-20(3)10-13-21(25)4/h10-16,23-24H,5-9,17-18H2,1-4H3,(H,28,31). The summed E-state index contributed by atoms with van der Waals surface area (Å²) in [6, 6.07) is 13.7. The third-order valence-electron chi connectivity index (χ3n) is 6.26. The molecule has 0 spiro atoms. The second kappa shape index (κ2) is 11.2. The van der Waals surface area contributed by atoms with E-state index in [4.69, 9.17) is 4.74 Å². The average molecular weight is 437 g/mol. The lowest BCUT2D eigenvalue weighted by Crippen LogP contribution is -2.52. The van der Waals surface area contributed by atoms with E-state index in [1.165, 1.54) is 0 Å². The highest BCUT2D eigenvalue weighted by Gasteiger charge is 2.30. The number of benzene rings is 2. The minimum atomic E-state index is -0.522. The molecule has 172 valence electrons. The van der Waals surface area contributed by atoms with Crippen molar-refractivity contribution in [3.8, 4) is 5.75 Å². The van der Waals surface area contributed by atoms with Crippen LogP contribution in [0.3, 0.4) is 0 Å². The maximum Gasteiger partial charge on any atom is 0.261 e. The van der Waals surface area contributed by atoms with Gasteiger partial charge in [-0.2, -0.15) is 0 Å². The van der Waals surface area contributed by atoms with Gasteiger partial charge in [0.05, 0.1) is 0 Å². The zero-order chi connectivity index (χ0) is 23.1. The number of nitrogens with one attached hydrogen (secondary N) is 1. The normalized spacial score (nSPS) is 14.8. The van der Waals surface area contributed by atoms with E-state index in [0.717, 1.165) is 47.9 Å². The van der Waals surface area contributed by atoms with Gasteiger partial charge in [-0.25, -0.2) is 0 Å². The molecular weight excluding hydrogens is 400 g/mol. The molecule has 3 rings (SSSR count). The van der Waals surface area contributed by atoms with Crippen molar-refractivity contribution in [2.75, 3.05) is 6.61 Å². The second-order valence-corrected chi connectivity index (χ2v) is 8.98. The molecule has 2 aromatic rings. The average Bonchev–Trinajstić information content (AvgIpc) is 3.28. The van der Waals surface area contributed by atoms with Gasteiger partial charge in [-0.3, -0.25) is 9.59 Å². The fraction of sp³-hybridized carbons (Fsp3) is 0.481. The maximum atomic E-state index is 13.3. The molecule has 5 nitrogen and oxygen atoms in total. The molecule has 1 aliphatic carbocycles. The van der Waals surface area contributed by atoms with Crippen molar-refractivity contribution < 1.29 is 14.3 Å². The third-order valence-corrected chi connectivity index (χ3v) is 6.26. The first kappa shape index (κ1) is 23.8. The van der Waals surface area contributed by atoms with Crippen LogP contribution < -0.4 is 10.1 Å². The van der Waals surface area contributed by atoms with Crippen molar-refractivity contribution in [1.82, 2.24) is 10.2 Å². The van der Waals surface area contributed by atoms with E-state index in [1.807, 2.05) is 70.2 Å². The first-order valence-electron chi connectivity index (χ1n) is 11.7. The molecule has 0 aromatic heterocycles. The number of rotatable bonds is 9. The molecular formula is C27H36N2O3. The van der Waals surface area contributed by atoms with E-state index in [2.05, 4.69) is 5.32 Å². The quantitative estimate of drug-likeness (QED) is 0.611. The molecule has 0 heterocycles. The zero-order valence-electron chi connectivity index (χ0n) is 19.8. The van der Waals surface area contributed by atoms with Gasteiger partial charge in [0, 0.05) is 12.6 Å². The lowest BCUT2D eigenvalue weighted by Gasteiger charge is -2.31. The minimum Gasteiger partial charge on any atom is -0.483 e. The van der Waals surface area contributed by atoms with Gasteiger partial charge in [0.1, 0.15) is 11.8 Å². The van der Waals surface area contributed by atoms with Crippen molar-refractivity contribution in [2.45, 2.75) is 78.4 Å². The Kier molecular flexibility index (Phi) is 8.32. The summed E-state index contributed by atoms with van der Waals surface area (Å²) in [5.74, 6) is 0.462. The number of hydrogen-bond acceptors (Lipinski definition) is 3. The SMILES string of the molecule is CCC(C(=O)NC1CCCC1)N(Cc1ccc(C)cc1)C(=O)COc1cc(C)ccc1C. The van der Waals surface area contributed by atoms with Crippen molar-refractivity contribution >= 4 is 11.8 Å². The molecule has 1 fully saturated rings.